The molecule has 0 saturated carbocycles. The van der Waals surface area contributed by atoms with Gasteiger partial charge in [-0.2, -0.15) is 0 Å². The van der Waals surface area contributed by atoms with Crippen LogP contribution in [0.2, 0.25) is 0 Å². The lowest BCUT2D eigenvalue weighted by Gasteiger charge is -2.48. The third kappa shape index (κ3) is 4.62. The lowest BCUT2D eigenvalue weighted by molar-refractivity contribution is -0.135. The zero-order valence-corrected chi connectivity index (χ0v) is 18.0. The van der Waals surface area contributed by atoms with Crippen LogP contribution in [0.4, 0.5) is 0 Å². The van der Waals surface area contributed by atoms with Crippen LogP contribution in [-0.4, -0.2) is 36.4 Å². The molecule has 3 rings (SSSR count). The van der Waals surface area contributed by atoms with Crippen molar-refractivity contribution in [1.29, 1.82) is 0 Å². The van der Waals surface area contributed by atoms with Crippen molar-refractivity contribution in [2.75, 3.05) is 19.9 Å². The predicted octanol–water partition coefficient (Wildman–Crippen LogP) is 4.78. The number of hydrogen-bond acceptors (Lipinski definition) is 4. The number of amides is 1. The molecule has 2 heterocycles. The summed E-state index contributed by atoms with van der Waals surface area (Å²) in [6.45, 7) is 13.4. The van der Waals surface area contributed by atoms with Crippen LogP contribution >= 0.6 is 0 Å². The Bertz CT molecular complexity index is 700. The molecule has 1 fully saturated rings. The third-order valence-electron chi connectivity index (χ3n) is 6.44. The van der Waals surface area contributed by atoms with Crippen LogP contribution in [0.5, 0.6) is 11.5 Å². The second-order valence-electron chi connectivity index (χ2n) is 9.16. The monoisotopic (exact) mass is 389 g/mol. The van der Waals surface area contributed by atoms with Gasteiger partial charge in [-0.1, -0.05) is 26.8 Å². The molecule has 156 valence electrons. The molecular formula is C23H35NO4. The Balaban J connectivity index is 1.72. The Kier molecular flexibility index (Phi) is 6.23. The normalized spacial score (nSPS) is 23.1. The van der Waals surface area contributed by atoms with Crippen molar-refractivity contribution >= 4 is 5.91 Å². The third-order valence-corrected chi connectivity index (χ3v) is 6.44. The van der Waals surface area contributed by atoms with Gasteiger partial charge in [-0.05, 0) is 62.1 Å². The maximum atomic E-state index is 12.7. The first-order valence-corrected chi connectivity index (χ1v) is 10.5. The number of benzene rings is 1. The number of fused-ring (bicyclic) bond motifs is 1. The highest BCUT2D eigenvalue weighted by atomic mass is 16.7. The number of carbonyl (C=O) groups excluding carboxylic acids is 1. The average molecular weight is 390 g/mol. The van der Waals surface area contributed by atoms with Crippen molar-refractivity contribution in [2.24, 2.45) is 11.3 Å². The van der Waals surface area contributed by atoms with Crippen molar-refractivity contribution in [3.63, 3.8) is 0 Å². The van der Waals surface area contributed by atoms with Crippen LogP contribution < -0.4 is 9.47 Å². The molecule has 0 spiro atoms. The molecule has 1 saturated heterocycles. The molecule has 5 nitrogen and oxygen atoms in total. The van der Waals surface area contributed by atoms with E-state index in [2.05, 4.69) is 27.7 Å². The van der Waals surface area contributed by atoms with Gasteiger partial charge in [-0.25, -0.2) is 0 Å². The molecule has 0 N–H and O–H groups in total. The summed E-state index contributed by atoms with van der Waals surface area (Å²) in [5, 5.41) is 0. The number of hydrogen-bond donors (Lipinski definition) is 0. The molecular weight excluding hydrogens is 354 g/mol. The van der Waals surface area contributed by atoms with E-state index in [4.69, 9.17) is 14.2 Å². The van der Waals surface area contributed by atoms with Gasteiger partial charge in [-0.3, -0.25) is 4.79 Å². The SMILES string of the molecule is CCC(=O)N(CCC1(C(C)C)CCOC(C)(C)C1)Cc1ccc2c(c1)OCO2. The van der Waals surface area contributed by atoms with Crippen molar-refractivity contribution in [3.8, 4) is 11.5 Å². The Morgan fingerprint density at radius 2 is 1.96 bits per heavy atom. The zero-order valence-electron chi connectivity index (χ0n) is 18.0. The summed E-state index contributed by atoms with van der Waals surface area (Å²) in [7, 11) is 0. The fraction of sp³-hybridized carbons (Fsp3) is 0.696. The van der Waals surface area contributed by atoms with Crippen LogP contribution in [0.15, 0.2) is 18.2 Å². The summed E-state index contributed by atoms with van der Waals surface area (Å²) >= 11 is 0. The zero-order chi connectivity index (χ0) is 20.4. The van der Waals surface area contributed by atoms with Gasteiger partial charge in [0.1, 0.15) is 0 Å². The molecule has 1 amide bonds. The van der Waals surface area contributed by atoms with E-state index < -0.39 is 0 Å². The highest BCUT2D eigenvalue weighted by molar-refractivity contribution is 5.75. The van der Waals surface area contributed by atoms with Crippen molar-refractivity contribution in [2.45, 2.75) is 72.4 Å². The van der Waals surface area contributed by atoms with Crippen molar-refractivity contribution in [3.05, 3.63) is 23.8 Å². The summed E-state index contributed by atoms with van der Waals surface area (Å²) in [5.74, 6) is 2.30. The van der Waals surface area contributed by atoms with E-state index >= 15 is 0 Å². The quantitative estimate of drug-likeness (QED) is 0.674. The number of nitrogens with zero attached hydrogens (tertiary/aromatic N) is 1. The van der Waals surface area contributed by atoms with E-state index in [1.54, 1.807) is 0 Å². The molecule has 1 aromatic rings. The largest absolute Gasteiger partial charge is 0.454 e. The molecule has 0 aromatic heterocycles. The fourth-order valence-electron chi connectivity index (χ4n) is 4.65. The maximum Gasteiger partial charge on any atom is 0.231 e. The number of carbonyl (C=O) groups is 1. The molecule has 1 unspecified atom stereocenters. The fourth-order valence-corrected chi connectivity index (χ4v) is 4.65. The summed E-state index contributed by atoms with van der Waals surface area (Å²) in [6, 6.07) is 5.95. The first-order valence-electron chi connectivity index (χ1n) is 10.5. The first kappa shape index (κ1) is 21.0. The number of rotatable bonds is 7. The molecule has 2 aliphatic rings. The highest BCUT2D eigenvalue weighted by Crippen LogP contribution is 2.47. The van der Waals surface area contributed by atoms with Gasteiger partial charge in [0, 0.05) is 26.1 Å². The first-order chi connectivity index (χ1) is 13.2. The second kappa shape index (κ2) is 8.32. The molecule has 0 bridgehead atoms. The van der Waals surface area contributed by atoms with Crippen LogP contribution in [0.3, 0.4) is 0 Å². The molecule has 1 aromatic carbocycles. The van der Waals surface area contributed by atoms with Gasteiger partial charge in [-0.15, -0.1) is 0 Å². The minimum atomic E-state index is -0.0978. The van der Waals surface area contributed by atoms with Gasteiger partial charge in [0.25, 0.3) is 0 Å². The highest BCUT2D eigenvalue weighted by Gasteiger charge is 2.43. The molecule has 1 atom stereocenters. The molecule has 0 radical (unpaired) electrons. The standard InChI is InChI=1S/C23H35NO4/c1-6-21(25)24(14-18-7-8-19-20(13-18)27-16-26-19)11-9-23(17(2)3)10-12-28-22(4,5)15-23/h7-8,13,17H,6,9-12,14-16H2,1-5H3. The average Bonchev–Trinajstić information content (AvgIpc) is 3.11. The Morgan fingerprint density at radius 3 is 2.64 bits per heavy atom. The molecule has 5 heteroatoms. The lowest BCUT2D eigenvalue weighted by Crippen LogP contribution is -2.46. The lowest BCUT2D eigenvalue weighted by atomic mass is 9.65. The topological polar surface area (TPSA) is 48.0 Å². The van der Waals surface area contributed by atoms with E-state index in [1.807, 2.05) is 30.0 Å². The van der Waals surface area contributed by atoms with Crippen molar-refractivity contribution < 1.29 is 19.0 Å². The maximum absolute atomic E-state index is 12.7. The Morgan fingerprint density at radius 1 is 1.21 bits per heavy atom. The minimum absolute atomic E-state index is 0.0978. The Labute approximate surface area is 169 Å². The molecule has 2 aliphatic heterocycles. The summed E-state index contributed by atoms with van der Waals surface area (Å²) in [6.07, 6.45) is 3.63. The van der Waals surface area contributed by atoms with E-state index in [-0.39, 0.29) is 23.7 Å². The van der Waals surface area contributed by atoms with Gasteiger partial charge >= 0.3 is 0 Å². The Hall–Kier alpha value is -1.75. The molecule has 28 heavy (non-hydrogen) atoms. The van der Waals surface area contributed by atoms with Gasteiger partial charge < -0.3 is 19.1 Å². The van der Waals surface area contributed by atoms with Gasteiger partial charge in [0.2, 0.25) is 12.7 Å². The van der Waals surface area contributed by atoms with E-state index in [9.17, 15) is 4.79 Å². The van der Waals surface area contributed by atoms with E-state index in [0.29, 0.717) is 18.9 Å². The summed E-state index contributed by atoms with van der Waals surface area (Å²) in [4.78, 5) is 14.7. The second-order valence-corrected chi connectivity index (χ2v) is 9.16. The van der Waals surface area contributed by atoms with Crippen LogP contribution in [0.25, 0.3) is 0 Å². The predicted molar refractivity (Wildman–Crippen MR) is 109 cm³/mol. The minimum Gasteiger partial charge on any atom is -0.454 e. The van der Waals surface area contributed by atoms with Gasteiger partial charge in [0.15, 0.2) is 11.5 Å². The number of ether oxygens (including phenoxy) is 3. The van der Waals surface area contributed by atoms with E-state index in [1.165, 1.54) is 0 Å². The molecule has 0 aliphatic carbocycles. The van der Waals surface area contributed by atoms with E-state index in [0.717, 1.165) is 49.5 Å². The summed E-state index contributed by atoms with van der Waals surface area (Å²) < 4.78 is 16.9. The summed E-state index contributed by atoms with van der Waals surface area (Å²) in [5.41, 5.74) is 1.19. The van der Waals surface area contributed by atoms with Crippen LogP contribution in [0.1, 0.15) is 65.9 Å². The van der Waals surface area contributed by atoms with Crippen LogP contribution in [-0.2, 0) is 16.1 Å². The van der Waals surface area contributed by atoms with Crippen LogP contribution in [0, 0.1) is 11.3 Å². The van der Waals surface area contributed by atoms with Gasteiger partial charge in [0.05, 0.1) is 5.60 Å². The smallest absolute Gasteiger partial charge is 0.231 e. The van der Waals surface area contributed by atoms with Crippen molar-refractivity contribution in [1.82, 2.24) is 4.90 Å².